The van der Waals surface area contributed by atoms with Crippen molar-refractivity contribution in [1.82, 2.24) is 0 Å². The molecule has 0 bridgehead atoms. The number of aliphatic hydroxyl groups is 1. The highest BCUT2D eigenvalue weighted by molar-refractivity contribution is 5.76. The van der Waals surface area contributed by atoms with Crippen molar-refractivity contribution in [1.29, 1.82) is 0 Å². The average molecular weight is 390 g/mol. The number of hydrogen-bond acceptors (Lipinski definition) is 5. The van der Waals surface area contributed by atoms with Crippen molar-refractivity contribution >= 4 is 0 Å². The summed E-state index contributed by atoms with van der Waals surface area (Å²) in [5.74, 6) is 8.87. The highest BCUT2D eigenvalue weighted by atomic mass is 16.5. The van der Waals surface area contributed by atoms with Crippen molar-refractivity contribution in [3.63, 3.8) is 0 Å². The van der Waals surface area contributed by atoms with Gasteiger partial charge in [-0.25, -0.2) is 0 Å². The molecule has 2 aromatic carbocycles. The highest BCUT2D eigenvalue weighted by Crippen LogP contribution is 2.39. The van der Waals surface area contributed by atoms with Crippen LogP contribution in [0, 0.1) is 13.8 Å². The van der Waals surface area contributed by atoms with E-state index in [1.165, 1.54) is 33.4 Å². The number of fused-ring (bicyclic) bond motifs is 1. The summed E-state index contributed by atoms with van der Waals surface area (Å²) >= 11 is 0. The molecule has 0 fully saturated rings. The topological polar surface area (TPSA) is 139 Å². The van der Waals surface area contributed by atoms with Gasteiger partial charge in [0.15, 0.2) is 0 Å². The SMILES string of the molecule is Cc1cc(OCCC(C)(C)O)cc(C)c1-c1cccc2c1CC[C@H]2N.NN.O. The fourth-order valence-electron chi connectivity index (χ4n) is 3.77. The van der Waals surface area contributed by atoms with Gasteiger partial charge < -0.3 is 21.1 Å². The number of hydrazine groups is 1. The molecule has 0 unspecified atom stereocenters. The summed E-state index contributed by atoms with van der Waals surface area (Å²) in [7, 11) is 0. The van der Waals surface area contributed by atoms with E-state index in [1.807, 2.05) is 0 Å². The van der Waals surface area contributed by atoms with Crippen LogP contribution >= 0.6 is 0 Å². The Morgan fingerprint density at radius 1 is 1.14 bits per heavy atom. The molecule has 1 atom stereocenters. The van der Waals surface area contributed by atoms with Crippen LogP contribution in [-0.4, -0.2) is 22.8 Å². The molecule has 0 saturated heterocycles. The van der Waals surface area contributed by atoms with Crippen molar-refractivity contribution in [2.75, 3.05) is 6.61 Å². The predicted octanol–water partition coefficient (Wildman–Crippen LogP) is 2.45. The predicted molar refractivity (Wildman–Crippen MR) is 115 cm³/mol. The third-order valence-corrected chi connectivity index (χ3v) is 5.08. The Morgan fingerprint density at radius 3 is 2.32 bits per heavy atom. The second kappa shape index (κ2) is 10.0. The largest absolute Gasteiger partial charge is 0.493 e. The molecule has 0 saturated carbocycles. The number of nitrogens with two attached hydrogens (primary N) is 3. The molecule has 0 aromatic heterocycles. The van der Waals surface area contributed by atoms with Gasteiger partial charge in [-0.2, -0.15) is 0 Å². The van der Waals surface area contributed by atoms with Crippen LogP contribution in [0.1, 0.15) is 55.0 Å². The van der Waals surface area contributed by atoms with Crippen molar-refractivity contribution in [3.05, 3.63) is 52.6 Å². The highest BCUT2D eigenvalue weighted by Gasteiger charge is 2.23. The van der Waals surface area contributed by atoms with Crippen LogP contribution in [0.3, 0.4) is 0 Å². The lowest BCUT2D eigenvalue weighted by Gasteiger charge is -2.19. The number of aryl methyl sites for hydroxylation is 2. The molecule has 1 aliphatic carbocycles. The van der Waals surface area contributed by atoms with Crippen LogP contribution in [-0.2, 0) is 6.42 Å². The van der Waals surface area contributed by atoms with Gasteiger partial charge in [0.1, 0.15) is 5.75 Å². The Balaban J connectivity index is 0.00000127. The molecule has 2 aromatic rings. The van der Waals surface area contributed by atoms with Crippen LogP contribution < -0.4 is 22.2 Å². The first-order valence-electron chi connectivity index (χ1n) is 9.44. The zero-order chi connectivity index (χ0) is 20.2. The molecule has 0 spiro atoms. The van der Waals surface area contributed by atoms with Gasteiger partial charge in [-0.05, 0) is 86.1 Å². The first kappa shape index (κ1) is 24.1. The number of hydrogen-bond donors (Lipinski definition) is 4. The van der Waals surface area contributed by atoms with Gasteiger partial charge in [0.05, 0.1) is 12.2 Å². The Morgan fingerprint density at radius 2 is 1.75 bits per heavy atom. The van der Waals surface area contributed by atoms with Crippen LogP contribution in [0.2, 0.25) is 0 Å². The summed E-state index contributed by atoms with van der Waals surface area (Å²) in [5, 5.41) is 9.82. The average Bonchev–Trinajstić information content (AvgIpc) is 2.97. The van der Waals surface area contributed by atoms with E-state index in [0.29, 0.717) is 13.0 Å². The summed E-state index contributed by atoms with van der Waals surface area (Å²) < 4.78 is 5.86. The second-order valence-electron chi connectivity index (χ2n) is 7.86. The first-order valence-corrected chi connectivity index (χ1v) is 9.44. The van der Waals surface area contributed by atoms with Gasteiger partial charge >= 0.3 is 0 Å². The Labute approximate surface area is 168 Å². The molecule has 156 valence electrons. The molecule has 28 heavy (non-hydrogen) atoms. The summed E-state index contributed by atoms with van der Waals surface area (Å²) in [6.07, 6.45) is 2.69. The van der Waals surface area contributed by atoms with Gasteiger partial charge in [0, 0.05) is 12.5 Å². The summed E-state index contributed by atoms with van der Waals surface area (Å²) in [5.41, 5.74) is 13.3. The van der Waals surface area contributed by atoms with E-state index < -0.39 is 5.60 Å². The molecule has 0 amide bonds. The maximum Gasteiger partial charge on any atom is 0.119 e. The summed E-state index contributed by atoms with van der Waals surface area (Å²) in [6.45, 7) is 8.39. The fraction of sp³-hybridized carbons (Fsp3) is 0.455. The molecule has 0 aliphatic heterocycles. The first-order chi connectivity index (χ1) is 12.8. The Hall–Kier alpha value is -1.96. The van der Waals surface area contributed by atoms with Crippen molar-refractivity contribution < 1.29 is 15.3 Å². The molecule has 6 heteroatoms. The van der Waals surface area contributed by atoms with E-state index >= 15 is 0 Å². The normalized spacial score (nSPS) is 15.2. The molecule has 0 heterocycles. The molecule has 0 radical (unpaired) electrons. The molecule has 9 N–H and O–H groups in total. The van der Waals surface area contributed by atoms with Gasteiger partial charge in [-0.3, -0.25) is 11.7 Å². The summed E-state index contributed by atoms with van der Waals surface area (Å²) in [4.78, 5) is 0. The lowest BCUT2D eigenvalue weighted by Crippen LogP contribution is -2.21. The van der Waals surface area contributed by atoms with E-state index in [4.69, 9.17) is 10.5 Å². The van der Waals surface area contributed by atoms with Crippen molar-refractivity contribution in [2.45, 2.75) is 58.6 Å². The lowest BCUT2D eigenvalue weighted by atomic mass is 9.90. The molecule has 3 rings (SSSR count). The van der Waals surface area contributed by atoms with Crippen LogP contribution in [0.15, 0.2) is 30.3 Å². The van der Waals surface area contributed by atoms with E-state index in [2.05, 4.69) is 55.9 Å². The number of rotatable bonds is 5. The fourth-order valence-corrected chi connectivity index (χ4v) is 3.77. The minimum Gasteiger partial charge on any atom is -0.493 e. The number of benzene rings is 2. The van der Waals surface area contributed by atoms with Crippen LogP contribution in [0.4, 0.5) is 0 Å². The number of ether oxygens (including phenoxy) is 1. The van der Waals surface area contributed by atoms with E-state index in [1.54, 1.807) is 13.8 Å². The van der Waals surface area contributed by atoms with E-state index in [-0.39, 0.29) is 11.5 Å². The van der Waals surface area contributed by atoms with E-state index in [9.17, 15) is 5.11 Å². The smallest absolute Gasteiger partial charge is 0.119 e. The maximum absolute atomic E-state index is 9.82. The third-order valence-electron chi connectivity index (χ3n) is 5.08. The van der Waals surface area contributed by atoms with Gasteiger partial charge in [-0.15, -0.1) is 0 Å². The zero-order valence-corrected chi connectivity index (χ0v) is 17.4. The molecule has 1 aliphatic rings. The van der Waals surface area contributed by atoms with Gasteiger partial charge in [-0.1, -0.05) is 18.2 Å². The van der Waals surface area contributed by atoms with Crippen LogP contribution in [0.25, 0.3) is 11.1 Å². The Bertz CT molecular complexity index is 762. The second-order valence-corrected chi connectivity index (χ2v) is 7.86. The van der Waals surface area contributed by atoms with Crippen molar-refractivity contribution in [3.8, 4) is 16.9 Å². The zero-order valence-electron chi connectivity index (χ0n) is 17.4. The maximum atomic E-state index is 9.82. The van der Waals surface area contributed by atoms with Crippen LogP contribution in [0.5, 0.6) is 5.75 Å². The molecule has 6 nitrogen and oxygen atoms in total. The lowest BCUT2D eigenvalue weighted by molar-refractivity contribution is 0.0553. The molecular formula is C22H35N3O3. The van der Waals surface area contributed by atoms with E-state index in [0.717, 1.165) is 18.6 Å². The van der Waals surface area contributed by atoms with Gasteiger partial charge in [0.25, 0.3) is 0 Å². The van der Waals surface area contributed by atoms with Crippen molar-refractivity contribution in [2.24, 2.45) is 17.4 Å². The monoisotopic (exact) mass is 389 g/mol. The minimum absolute atomic E-state index is 0. The standard InChI is InChI=1S/C22H29NO2.H4N2.H2O/c1-14-12-16(25-11-10-22(3,4)24)13-15(2)21(14)19-7-5-6-18-17(19)8-9-20(18)23;1-2;/h5-7,12-13,20,24H,8-11,23H2,1-4H3;1-2H2;1H2/t20-;;/m1../s1. The molecular weight excluding hydrogens is 354 g/mol. The quantitative estimate of drug-likeness (QED) is 0.459. The minimum atomic E-state index is -0.701. The third kappa shape index (κ3) is 5.53. The summed E-state index contributed by atoms with van der Waals surface area (Å²) in [6, 6.07) is 10.9. The Kier molecular flexibility index (Phi) is 8.60. The van der Waals surface area contributed by atoms with Gasteiger partial charge in [0.2, 0.25) is 0 Å².